The average molecular weight is 376 g/mol. The van der Waals surface area contributed by atoms with Crippen molar-refractivity contribution in [3.8, 4) is 0 Å². The molecule has 0 saturated heterocycles. The van der Waals surface area contributed by atoms with Gasteiger partial charge in [0.1, 0.15) is 5.69 Å². The molecule has 4 nitrogen and oxygen atoms in total. The molecule has 0 atom stereocenters. The lowest BCUT2D eigenvalue weighted by Gasteiger charge is -2.10. The normalized spacial score (nSPS) is 11.9. The van der Waals surface area contributed by atoms with E-state index in [-0.39, 0.29) is 16.4 Å². The summed E-state index contributed by atoms with van der Waals surface area (Å²) in [5.41, 5.74) is -0.224. The number of amides is 1. The third-order valence-corrected chi connectivity index (χ3v) is 4.22. The highest BCUT2D eigenvalue weighted by molar-refractivity contribution is 6.33. The Kier molecular flexibility index (Phi) is 6.32. The lowest BCUT2D eigenvalue weighted by molar-refractivity contribution is -0.137. The van der Waals surface area contributed by atoms with E-state index in [1.165, 1.54) is 0 Å². The number of rotatable bonds is 7. The van der Waals surface area contributed by atoms with E-state index in [1.807, 2.05) is 0 Å². The van der Waals surface area contributed by atoms with E-state index in [0.717, 1.165) is 42.3 Å². The molecule has 0 aliphatic rings. The van der Waals surface area contributed by atoms with E-state index < -0.39 is 17.6 Å². The second-order valence-electron chi connectivity index (χ2n) is 5.85. The van der Waals surface area contributed by atoms with Crippen molar-refractivity contribution in [2.24, 2.45) is 0 Å². The van der Waals surface area contributed by atoms with Gasteiger partial charge >= 0.3 is 6.18 Å². The molecule has 0 radical (unpaired) electrons. The quantitative estimate of drug-likeness (QED) is 0.701. The molecule has 138 valence electrons. The largest absolute Gasteiger partial charge is 0.417 e. The van der Waals surface area contributed by atoms with Crippen LogP contribution in [0.2, 0.25) is 5.02 Å². The summed E-state index contributed by atoms with van der Waals surface area (Å²) in [5, 5.41) is 2.63. The minimum absolute atomic E-state index is 0.112. The van der Waals surface area contributed by atoms with Gasteiger partial charge in [-0.25, -0.2) is 4.98 Å². The summed E-state index contributed by atoms with van der Waals surface area (Å²) in [4.78, 5) is 16.7. The number of imidazole rings is 1. The molecule has 0 aliphatic heterocycles. The van der Waals surface area contributed by atoms with Crippen molar-refractivity contribution in [3.05, 3.63) is 34.2 Å². The van der Waals surface area contributed by atoms with Crippen LogP contribution < -0.4 is 5.32 Å². The molecule has 0 aromatic carbocycles. The molecular formula is C17H21ClF3N3O. The number of carbonyl (C=O) groups is 1. The summed E-state index contributed by atoms with van der Waals surface area (Å²) in [7, 11) is 0. The third-order valence-electron chi connectivity index (χ3n) is 3.94. The van der Waals surface area contributed by atoms with Crippen LogP contribution in [0.5, 0.6) is 0 Å². The van der Waals surface area contributed by atoms with Crippen molar-refractivity contribution >= 4 is 23.2 Å². The maximum absolute atomic E-state index is 13.0. The van der Waals surface area contributed by atoms with Gasteiger partial charge in [0, 0.05) is 12.7 Å². The lowest BCUT2D eigenvalue weighted by atomic mass is 10.2. The molecule has 0 spiro atoms. The van der Waals surface area contributed by atoms with E-state index in [0.29, 0.717) is 18.7 Å². The van der Waals surface area contributed by atoms with Crippen LogP contribution in [0.15, 0.2) is 12.3 Å². The number of alkyl halides is 3. The minimum atomic E-state index is -4.55. The van der Waals surface area contributed by atoms with Gasteiger partial charge in [0.25, 0.3) is 5.91 Å². The number of unbranched alkanes of at least 4 members (excludes halogenated alkanes) is 3. The molecule has 8 heteroatoms. The first-order chi connectivity index (χ1) is 11.8. The summed E-state index contributed by atoms with van der Waals surface area (Å²) in [5.74, 6) is -0.434. The van der Waals surface area contributed by atoms with Gasteiger partial charge in [-0.05, 0) is 18.9 Å². The number of hydrogen-bond acceptors (Lipinski definition) is 2. The Balaban J connectivity index is 2.36. The van der Waals surface area contributed by atoms with E-state index in [9.17, 15) is 18.0 Å². The first kappa shape index (κ1) is 19.6. The smallest absolute Gasteiger partial charge is 0.351 e. The summed E-state index contributed by atoms with van der Waals surface area (Å²) in [6.45, 7) is 4.35. The average Bonchev–Trinajstić information content (AvgIpc) is 2.93. The molecule has 1 amide bonds. The topological polar surface area (TPSA) is 46.4 Å². The highest BCUT2D eigenvalue weighted by Gasteiger charge is 2.33. The second-order valence-corrected chi connectivity index (χ2v) is 6.25. The number of carbonyl (C=O) groups excluding carboxylic acids is 1. The molecule has 25 heavy (non-hydrogen) atoms. The predicted octanol–water partition coefficient (Wildman–Crippen LogP) is 4.88. The van der Waals surface area contributed by atoms with Gasteiger partial charge in [-0.15, -0.1) is 0 Å². The summed E-state index contributed by atoms with van der Waals surface area (Å²) < 4.78 is 40.3. The Morgan fingerprint density at radius 3 is 2.60 bits per heavy atom. The molecule has 0 fully saturated rings. The first-order valence-corrected chi connectivity index (χ1v) is 8.73. The monoisotopic (exact) mass is 375 g/mol. The Morgan fingerprint density at radius 1 is 1.28 bits per heavy atom. The number of hydrogen-bond donors (Lipinski definition) is 1. The van der Waals surface area contributed by atoms with E-state index in [1.54, 1.807) is 6.92 Å². The first-order valence-electron chi connectivity index (χ1n) is 8.35. The van der Waals surface area contributed by atoms with Gasteiger partial charge < -0.3 is 5.32 Å². The van der Waals surface area contributed by atoms with Gasteiger partial charge in [0.15, 0.2) is 5.65 Å². The highest BCUT2D eigenvalue weighted by atomic mass is 35.5. The van der Waals surface area contributed by atoms with Gasteiger partial charge in [0.05, 0.1) is 16.3 Å². The Labute approximate surface area is 149 Å². The molecule has 0 bridgehead atoms. The standard InChI is InChI=1S/C17H21ClF3N3O/c1-3-5-6-7-8-22-16(25)14-13(4-2)23-15-12(18)9-11(10-24(14)15)17(19,20)21/h9-10H,3-8H2,1-2H3,(H,22,25). The maximum atomic E-state index is 13.0. The van der Waals surface area contributed by atoms with Gasteiger partial charge in [-0.1, -0.05) is 44.7 Å². The van der Waals surface area contributed by atoms with Crippen molar-refractivity contribution in [2.45, 2.75) is 52.1 Å². The fraction of sp³-hybridized carbons (Fsp3) is 0.529. The van der Waals surface area contributed by atoms with Crippen molar-refractivity contribution in [1.82, 2.24) is 14.7 Å². The number of fused-ring (bicyclic) bond motifs is 1. The number of aromatic nitrogens is 2. The molecular weight excluding hydrogens is 355 g/mol. The number of halogens is 4. The zero-order valence-corrected chi connectivity index (χ0v) is 15.0. The zero-order chi connectivity index (χ0) is 18.6. The van der Waals surface area contributed by atoms with Crippen molar-refractivity contribution in [1.29, 1.82) is 0 Å². The van der Waals surface area contributed by atoms with Gasteiger partial charge in [-0.3, -0.25) is 9.20 Å². The van der Waals surface area contributed by atoms with Crippen LogP contribution in [-0.4, -0.2) is 21.8 Å². The number of nitrogens with zero attached hydrogens (tertiary/aromatic N) is 2. The Hall–Kier alpha value is -1.76. The van der Waals surface area contributed by atoms with Crippen LogP contribution in [0.4, 0.5) is 13.2 Å². The van der Waals surface area contributed by atoms with Crippen LogP contribution in [0.1, 0.15) is 61.3 Å². The van der Waals surface area contributed by atoms with Gasteiger partial charge in [0.2, 0.25) is 0 Å². The number of aryl methyl sites for hydroxylation is 1. The molecule has 2 heterocycles. The Bertz CT molecular complexity index is 756. The zero-order valence-electron chi connectivity index (χ0n) is 14.2. The maximum Gasteiger partial charge on any atom is 0.417 e. The molecule has 2 aromatic heterocycles. The van der Waals surface area contributed by atoms with Crippen LogP contribution >= 0.6 is 11.6 Å². The van der Waals surface area contributed by atoms with Crippen molar-refractivity contribution < 1.29 is 18.0 Å². The lowest BCUT2D eigenvalue weighted by Crippen LogP contribution is -2.27. The van der Waals surface area contributed by atoms with Crippen molar-refractivity contribution in [3.63, 3.8) is 0 Å². The summed E-state index contributed by atoms with van der Waals surface area (Å²) in [6, 6.07) is 0.829. The van der Waals surface area contributed by atoms with Gasteiger partial charge in [-0.2, -0.15) is 13.2 Å². The number of pyridine rings is 1. The van der Waals surface area contributed by atoms with Crippen molar-refractivity contribution in [2.75, 3.05) is 6.54 Å². The van der Waals surface area contributed by atoms with Crippen LogP contribution in [-0.2, 0) is 12.6 Å². The van der Waals surface area contributed by atoms with Crippen LogP contribution in [0.3, 0.4) is 0 Å². The summed E-state index contributed by atoms with van der Waals surface area (Å²) >= 11 is 5.96. The number of nitrogens with one attached hydrogen (secondary N) is 1. The molecule has 0 unspecified atom stereocenters. The fourth-order valence-electron chi connectivity index (χ4n) is 2.63. The van der Waals surface area contributed by atoms with E-state index in [4.69, 9.17) is 11.6 Å². The molecule has 0 aliphatic carbocycles. The molecule has 0 saturated carbocycles. The fourth-order valence-corrected chi connectivity index (χ4v) is 2.88. The predicted molar refractivity (Wildman–Crippen MR) is 91.1 cm³/mol. The SMILES string of the molecule is CCCCCCNC(=O)c1c(CC)nc2c(Cl)cc(C(F)(F)F)cn12. The molecule has 1 N–H and O–H groups in total. The highest BCUT2D eigenvalue weighted by Crippen LogP contribution is 2.33. The van der Waals surface area contributed by atoms with Crippen LogP contribution in [0, 0.1) is 0 Å². The Morgan fingerprint density at radius 2 is 2.00 bits per heavy atom. The molecule has 2 rings (SSSR count). The molecule has 2 aromatic rings. The third kappa shape index (κ3) is 4.45. The second kappa shape index (κ2) is 8.08. The van der Waals surface area contributed by atoms with Crippen LogP contribution in [0.25, 0.3) is 5.65 Å². The summed E-state index contributed by atoms with van der Waals surface area (Å²) in [6.07, 6.45) is 0.719. The van der Waals surface area contributed by atoms with E-state index in [2.05, 4.69) is 17.2 Å². The minimum Gasteiger partial charge on any atom is -0.351 e. The van der Waals surface area contributed by atoms with E-state index >= 15 is 0 Å².